The number of aryl methyl sites for hydroxylation is 1. The standard InChI is InChI=1S/C25H20FN3O/c1-2-16-8-6-7-11-20(16)29-24-21(23(28-29)17-9-4-3-5-10-17)22(27-25(24)30)18-12-14-19(26)15-13-18/h3-15,22H,2H2,1H3,(H,27,30). The van der Waals surface area contributed by atoms with Crippen LogP contribution in [-0.2, 0) is 6.42 Å². The van der Waals surface area contributed by atoms with Crippen LogP contribution in [0.15, 0.2) is 78.9 Å². The van der Waals surface area contributed by atoms with Crippen LogP contribution in [0.3, 0.4) is 0 Å². The number of halogens is 1. The number of carbonyl (C=O) groups is 1. The van der Waals surface area contributed by atoms with Crippen LogP contribution >= 0.6 is 0 Å². The first-order valence-electron chi connectivity index (χ1n) is 10.0. The van der Waals surface area contributed by atoms with Gasteiger partial charge in [0.2, 0.25) is 0 Å². The first-order chi connectivity index (χ1) is 14.7. The summed E-state index contributed by atoms with van der Waals surface area (Å²) in [7, 11) is 0. The van der Waals surface area contributed by atoms with E-state index in [1.54, 1.807) is 16.8 Å². The lowest BCUT2D eigenvalue weighted by molar-refractivity contribution is 0.0953. The first kappa shape index (κ1) is 18.3. The first-order valence-corrected chi connectivity index (χ1v) is 10.0. The Labute approximate surface area is 174 Å². The zero-order valence-electron chi connectivity index (χ0n) is 16.5. The number of hydrogen-bond donors (Lipinski definition) is 1. The number of aromatic nitrogens is 2. The third kappa shape index (κ3) is 2.90. The molecular formula is C25H20FN3O. The molecule has 2 heterocycles. The summed E-state index contributed by atoms with van der Waals surface area (Å²) < 4.78 is 15.3. The van der Waals surface area contributed by atoms with Crippen molar-refractivity contribution in [2.75, 3.05) is 0 Å². The monoisotopic (exact) mass is 397 g/mol. The van der Waals surface area contributed by atoms with Crippen LogP contribution in [0.2, 0.25) is 0 Å². The predicted molar refractivity (Wildman–Crippen MR) is 114 cm³/mol. The van der Waals surface area contributed by atoms with Gasteiger partial charge in [-0.1, -0.05) is 67.6 Å². The van der Waals surface area contributed by atoms with E-state index in [9.17, 15) is 9.18 Å². The number of rotatable bonds is 4. The highest BCUT2D eigenvalue weighted by Crippen LogP contribution is 2.39. The van der Waals surface area contributed by atoms with E-state index in [4.69, 9.17) is 5.10 Å². The Morgan fingerprint density at radius 2 is 1.67 bits per heavy atom. The topological polar surface area (TPSA) is 46.9 Å². The molecule has 0 saturated heterocycles. The largest absolute Gasteiger partial charge is 0.340 e. The maximum absolute atomic E-state index is 13.5. The Morgan fingerprint density at radius 1 is 0.967 bits per heavy atom. The third-order valence-corrected chi connectivity index (χ3v) is 5.55. The van der Waals surface area contributed by atoms with Gasteiger partial charge in [-0.3, -0.25) is 4.79 Å². The molecule has 1 amide bonds. The summed E-state index contributed by atoms with van der Waals surface area (Å²) in [4.78, 5) is 13.1. The summed E-state index contributed by atoms with van der Waals surface area (Å²) in [5, 5.41) is 7.98. The maximum Gasteiger partial charge on any atom is 0.271 e. The van der Waals surface area contributed by atoms with Crippen molar-refractivity contribution >= 4 is 5.91 Å². The van der Waals surface area contributed by atoms with Crippen LogP contribution in [0.5, 0.6) is 0 Å². The van der Waals surface area contributed by atoms with E-state index in [1.165, 1.54) is 12.1 Å². The van der Waals surface area contributed by atoms with Gasteiger partial charge in [-0.15, -0.1) is 0 Å². The van der Waals surface area contributed by atoms with E-state index in [1.807, 2.05) is 48.5 Å². The minimum Gasteiger partial charge on any atom is -0.340 e. The fraction of sp³-hybridized carbons (Fsp3) is 0.120. The van der Waals surface area contributed by atoms with E-state index in [-0.39, 0.29) is 17.8 Å². The number of amides is 1. The molecule has 3 aromatic carbocycles. The van der Waals surface area contributed by atoms with E-state index in [2.05, 4.69) is 18.3 Å². The Kier molecular flexibility index (Phi) is 4.43. The summed E-state index contributed by atoms with van der Waals surface area (Å²) in [6, 6.07) is 23.7. The molecule has 1 atom stereocenters. The van der Waals surface area contributed by atoms with E-state index in [0.717, 1.165) is 40.1 Å². The normalized spacial score (nSPS) is 15.1. The molecule has 1 aliphatic rings. The summed E-state index contributed by atoms with van der Waals surface area (Å²) in [5.41, 5.74) is 5.87. The lowest BCUT2D eigenvalue weighted by atomic mass is 9.97. The maximum atomic E-state index is 13.5. The van der Waals surface area contributed by atoms with Crippen molar-refractivity contribution in [3.8, 4) is 16.9 Å². The molecule has 5 rings (SSSR count). The van der Waals surface area contributed by atoms with Crippen molar-refractivity contribution in [3.05, 3.63) is 107 Å². The highest BCUT2D eigenvalue weighted by Gasteiger charge is 2.38. The van der Waals surface area contributed by atoms with Crippen molar-refractivity contribution in [3.63, 3.8) is 0 Å². The zero-order valence-corrected chi connectivity index (χ0v) is 16.5. The Morgan fingerprint density at radius 3 is 2.40 bits per heavy atom. The van der Waals surface area contributed by atoms with Gasteiger partial charge in [-0.05, 0) is 35.7 Å². The van der Waals surface area contributed by atoms with Gasteiger partial charge in [0.15, 0.2) is 0 Å². The van der Waals surface area contributed by atoms with Gasteiger partial charge >= 0.3 is 0 Å². The average Bonchev–Trinajstić information content (AvgIpc) is 3.34. The fourth-order valence-corrected chi connectivity index (χ4v) is 4.10. The number of fused-ring (bicyclic) bond motifs is 1. The van der Waals surface area contributed by atoms with Crippen LogP contribution in [-0.4, -0.2) is 15.7 Å². The summed E-state index contributed by atoms with van der Waals surface area (Å²) in [5.74, 6) is -0.487. The molecule has 1 N–H and O–H groups in total. The summed E-state index contributed by atoms with van der Waals surface area (Å²) in [6.07, 6.45) is 0.828. The predicted octanol–water partition coefficient (Wildman–Crippen LogP) is 5.07. The second-order valence-corrected chi connectivity index (χ2v) is 7.33. The van der Waals surface area contributed by atoms with Gasteiger partial charge in [-0.25, -0.2) is 9.07 Å². The third-order valence-electron chi connectivity index (χ3n) is 5.55. The number of para-hydroxylation sites is 1. The Hall–Kier alpha value is -3.73. The highest BCUT2D eigenvalue weighted by molar-refractivity contribution is 6.01. The molecule has 1 aromatic heterocycles. The molecule has 4 nitrogen and oxygen atoms in total. The Balaban J connectivity index is 1.78. The lowest BCUT2D eigenvalue weighted by Gasteiger charge is -2.13. The van der Waals surface area contributed by atoms with Crippen molar-refractivity contribution in [1.82, 2.24) is 15.1 Å². The molecule has 0 aliphatic carbocycles. The van der Waals surface area contributed by atoms with E-state index >= 15 is 0 Å². The van der Waals surface area contributed by atoms with Crippen LogP contribution in [0.1, 0.15) is 40.1 Å². The number of nitrogens with one attached hydrogen (secondary N) is 1. The zero-order chi connectivity index (χ0) is 20.7. The number of benzene rings is 3. The molecule has 0 spiro atoms. The fourth-order valence-electron chi connectivity index (χ4n) is 4.10. The highest BCUT2D eigenvalue weighted by atomic mass is 19.1. The SMILES string of the molecule is CCc1ccccc1-n1nc(-c2ccccc2)c2c1C(=O)NC2c1ccc(F)cc1. The smallest absolute Gasteiger partial charge is 0.271 e. The van der Waals surface area contributed by atoms with Crippen LogP contribution in [0, 0.1) is 5.82 Å². The minimum absolute atomic E-state index is 0.181. The lowest BCUT2D eigenvalue weighted by Crippen LogP contribution is -2.22. The van der Waals surface area contributed by atoms with E-state index < -0.39 is 0 Å². The van der Waals surface area contributed by atoms with Crippen LogP contribution in [0.25, 0.3) is 16.9 Å². The van der Waals surface area contributed by atoms with Gasteiger partial charge in [0, 0.05) is 11.1 Å². The van der Waals surface area contributed by atoms with Crippen molar-refractivity contribution in [1.29, 1.82) is 0 Å². The van der Waals surface area contributed by atoms with Crippen molar-refractivity contribution in [2.24, 2.45) is 0 Å². The molecule has 148 valence electrons. The quantitative estimate of drug-likeness (QED) is 0.522. The molecule has 1 unspecified atom stereocenters. The molecule has 0 radical (unpaired) electrons. The van der Waals surface area contributed by atoms with E-state index in [0.29, 0.717) is 5.69 Å². The van der Waals surface area contributed by atoms with Crippen molar-refractivity contribution < 1.29 is 9.18 Å². The van der Waals surface area contributed by atoms with Gasteiger partial charge < -0.3 is 5.32 Å². The Bertz CT molecular complexity index is 1230. The molecule has 1 aliphatic heterocycles. The number of nitrogens with zero attached hydrogens (tertiary/aromatic N) is 2. The molecular weight excluding hydrogens is 377 g/mol. The molecule has 4 aromatic rings. The molecule has 5 heteroatoms. The van der Waals surface area contributed by atoms with Gasteiger partial charge in [-0.2, -0.15) is 5.10 Å². The van der Waals surface area contributed by atoms with Gasteiger partial charge in [0.05, 0.1) is 17.4 Å². The van der Waals surface area contributed by atoms with Crippen molar-refractivity contribution in [2.45, 2.75) is 19.4 Å². The second kappa shape index (κ2) is 7.26. The molecule has 30 heavy (non-hydrogen) atoms. The molecule has 0 saturated carbocycles. The number of hydrogen-bond acceptors (Lipinski definition) is 2. The number of carbonyl (C=O) groups excluding carboxylic acids is 1. The van der Waals surface area contributed by atoms with Gasteiger partial charge in [0.1, 0.15) is 11.5 Å². The summed E-state index contributed by atoms with van der Waals surface area (Å²) in [6.45, 7) is 2.09. The minimum atomic E-state index is -0.383. The van der Waals surface area contributed by atoms with Crippen LogP contribution < -0.4 is 5.32 Å². The second-order valence-electron chi connectivity index (χ2n) is 7.33. The molecule has 0 bridgehead atoms. The molecule has 0 fully saturated rings. The summed E-state index contributed by atoms with van der Waals surface area (Å²) >= 11 is 0. The average molecular weight is 397 g/mol. The van der Waals surface area contributed by atoms with Gasteiger partial charge in [0.25, 0.3) is 5.91 Å². The van der Waals surface area contributed by atoms with Crippen LogP contribution in [0.4, 0.5) is 4.39 Å².